The van der Waals surface area contributed by atoms with Crippen molar-refractivity contribution in [1.29, 1.82) is 0 Å². The molecule has 0 bridgehead atoms. The first-order chi connectivity index (χ1) is 8.56. The van der Waals surface area contributed by atoms with E-state index >= 15 is 0 Å². The van der Waals surface area contributed by atoms with Crippen LogP contribution in [0.1, 0.15) is 49.3 Å². The van der Waals surface area contributed by atoms with E-state index in [1.807, 2.05) is 13.8 Å². The molecular formula is C15H25NO2. The predicted molar refractivity (Wildman–Crippen MR) is 72.8 cm³/mol. The molecule has 0 radical (unpaired) electrons. The van der Waals surface area contributed by atoms with Crippen LogP contribution in [0.25, 0.3) is 0 Å². The fraction of sp³-hybridized carbons (Fsp3) is 0.733. The second kappa shape index (κ2) is 5.45. The Kier molecular flexibility index (Phi) is 4.13. The summed E-state index contributed by atoms with van der Waals surface area (Å²) in [5.41, 5.74) is 1.78. The van der Waals surface area contributed by atoms with E-state index in [-0.39, 0.29) is 0 Å². The van der Waals surface area contributed by atoms with Crippen molar-refractivity contribution in [2.45, 2.75) is 46.1 Å². The second-order valence-electron chi connectivity index (χ2n) is 5.71. The van der Waals surface area contributed by atoms with Crippen LogP contribution >= 0.6 is 0 Å². The van der Waals surface area contributed by atoms with Crippen molar-refractivity contribution in [1.82, 2.24) is 5.32 Å². The number of furan rings is 1. The molecule has 3 heteroatoms. The Morgan fingerprint density at radius 3 is 2.67 bits per heavy atom. The molecule has 1 atom stereocenters. The van der Waals surface area contributed by atoms with Gasteiger partial charge < -0.3 is 14.5 Å². The summed E-state index contributed by atoms with van der Waals surface area (Å²) in [5.74, 6) is 2.03. The Morgan fingerprint density at radius 1 is 1.44 bits per heavy atom. The summed E-state index contributed by atoms with van der Waals surface area (Å²) in [6.45, 7) is 8.22. The SMILES string of the molecule is COCCC1(CNC(C)c2cc(C)oc2C)CC1. The zero-order valence-electron chi connectivity index (χ0n) is 12.0. The summed E-state index contributed by atoms with van der Waals surface area (Å²) < 4.78 is 10.8. The van der Waals surface area contributed by atoms with Gasteiger partial charge in [-0.05, 0) is 51.5 Å². The van der Waals surface area contributed by atoms with Crippen molar-refractivity contribution in [3.05, 3.63) is 23.2 Å². The fourth-order valence-electron chi connectivity index (χ4n) is 2.57. The van der Waals surface area contributed by atoms with Gasteiger partial charge in [0.25, 0.3) is 0 Å². The summed E-state index contributed by atoms with van der Waals surface area (Å²) in [7, 11) is 1.78. The average molecular weight is 251 g/mol. The Labute approximate surface area is 110 Å². The van der Waals surface area contributed by atoms with Crippen molar-refractivity contribution in [3.8, 4) is 0 Å². The van der Waals surface area contributed by atoms with E-state index in [1.165, 1.54) is 24.8 Å². The molecule has 0 saturated heterocycles. The third kappa shape index (κ3) is 3.15. The molecule has 1 heterocycles. The van der Waals surface area contributed by atoms with Gasteiger partial charge in [-0.15, -0.1) is 0 Å². The summed E-state index contributed by atoms with van der Waals surface area (Å²) in [6, 6.07) is 2.50. The zero-order valence-corrected chi connectivity index (χ0v) is 12.0. The minimum atomic E-state index is 0.363. The Balaban J connectivity index is 1.85. The lowest BCUT2D eigenvalue weighted by molar-refractivity contribution is 0.170. The third-order valence-corrected chi connectivity index (χ3v) is 4.12. The third-order valence-electron chi connectivity index (χ3n) is 4.12. The van der Waals surface area contributed by atoms with Gasteiger partial charge in [0.05, 0.1) is 0 Å². The molecule has 1 fully saturated rings. The van der Waals surface area contributed by atoms with Crippen LogP contribution in [0.15, 0.2) is 10.5 Å². The monoisotopic (exact) mass is 251 g/mol. The fourth-order valence-corrected chi connectivity index (χ4v) is 2.57. The highest BCUT2D eigenvalue weighted by Gasteiger charge is 2.41. The van der Waals surface area contributed by atoms with Gasteiger partial charge in [-0.2, -0.15) is 0 Å². The van der Waals surface area contributed by atoms with Crippen molar-refractivity contribution < 1.29 is 9.15 Å². The van der Waals surface area contributed by atoms with Gasteiger partial charge in [0.1, 0.15) is 11.5 Å². The Hall–Kier alpha value is -0.800. The van der Waals surface area contributed by atoms with Crippen LogP contribution in [0.3, 0.4) is 0 Å². The van der Waals surface area contributed by atoms with E-state index in [0.29, 0.717) is 11.5 Å². The maximum absolute atomic E-state index is 5.59. The quantitative estimate of drug-likeness (QED) is 0.807. The van der Waals surface area contributed by atoms with E-state index in [4.69, 9.17) is 9.15 Å². The van der Waals surface area contributed by atoms with Crippen molar-refractivity contribution in [2.24, 2.45) is 5.41 Å². The number of nitrogens with one attached hydrogen (secondary N) is 1. The van der Waals surface area contributed by atoms with Gasteiger partial charge in [0, 0.05) is 31.9 Å². The average Bonchev–Trinajstić information content (AvgIpc) is 3.03. The van der Waals surface area contributed by atoms with Crippen LogP contribution in [0.5, 0.6) is 0 Å². The molecule has 102 valence electrons. The predicted octanol–water partition coefficient (Wildman–Crippen LogP) is 3.36. The van der Waals surface area contributed by atoms with Gasteiger partial charge >= 0.3 is 0 Å². The highest BCUT2D eigenvalue weighted by atomic mass is 16.5. The van der Waals surface area contributed by atoms with E-state index in [0.717, 1.165) is 24.7 Å². The molecular weight excluding hydrogens is 226 g/mol. The number of hydrogen-bond donors (Lipinski definition) is 1. The molecule has 1 saturated carbocycles. The molecule has 1 aliphatic carbocycles. The first-order valence-electron chi connectivity index (χ1n) is 6.85. The van der Waals surface area contributed by atoms with Gasteiger partial charge in [-0.3, -0.25) is 0 Å². The lowest BCUT2D eigenvalue weighted by atomic mass is 10.0. The minimum absolute atomic E-state index is 0.363. The molecule has 1 N–H and O–H groups in total. The lowest BCUT2D eigenvalue weighted by Crippen LogP contribution is -2.27. The number of ether oxygens (including phenoxy) is 1. The standard InChI is InChI=1S/C15H25NO2/c1-11-9-14(13(3)18-11)12(2)16-10-15(5-6-15)7-8-17-4/h9,12,16H,5-8,10H2,1-4H3. The van der Waals surface area contributed by atoms with E-state index in [9.17, 15) is 0 Å². The number of methoxy groups -OCH3 is 1. The highest BCUT2D eigenvalue weighted by molar-refractivity contribution is 5.23. The molecule has 3 nitrogen and oxygen atoms in total. The summed E-state index contributed by atoms with van der Waals surface area (Å²) in [5, 5.41) is 3.65. The van der Waals surface area contributed by atoms with Crippen LogP contribution in [0.4, 0.5) is 0 Å². The van der Waals surface area contributed by atoms with Gasteiger partial charge in [0.2, 0.25) is 0 Å². The van der Waals surface area contributed by atoms with E-state index in [2.05, 4.69) is 18.3 Å². The zero-order chi connectivity index (χ0) is 13.2. The lowest BCUT2D eigenvalue weighted by Gasteiger charge is -2.19. The second-order valence-corrected chi connectivity index (χ2v) is 5.71. The van der Waals surface area contributed by atoms with Crippen LogP contribution < -0.4 is 5.32 Å². The number of hydrogen-bond acceptors (Lipinski definition) is 3. The Morgan fingerprint density at radius 2 is 2.17 bits per heavy atom. The van der Waals surface area contributed by atoms with Gasteiger partial charge in [-0.25, -0.2) is 0 Å². The molecule has 0 aliphatic heterocycles. The summed E-state index contributed by atoms with van der Waals surface area (Å²) >= 11 is 0. The molecule has 1 unspecified atom stereocenters. The number of rotatable bonds is 7. The topological polar surface area (TPSA) is 34.4 Å². The summed E-state index contributed by atoms with van der Waals surface area (Å²) in [6.07, 6.45) is 3.84. The maximum Gasteiger partial charge on any atom is 0.105 e. The first kappa shape index (κ1) is 13.6. The highest BCUT2D eigenvalue weighted by Crippen LogP contribution is 2.48. The molecule has 1 aromatic heterocycles. The largest absolute Gasteiger partial charge is 0.466 e. The van der Waals surface area contributed by atoms with E-state index in [1.54, 1.807) is 7.11 Å². The minimum Gasteiger partial charge on any atom is -0.466 e. The van der Waals surface area contributed by atoms with Crippen LogP contribution in [0, 0.1) is 19.3 Å². The van der Waals surface area contributed by atoms with Crippen LogP contribution in [-0.2, 0) is 4.74 Å². The summed E-state index contributed by atoms with van der Waals surface area (Å²) in [4.78, 5) is 0. The van der Waals surface area contributed by atoms with Crippen molar-refractivity contribution in [2.75, 3.05) is 20.3 Å². The number of aryl methyl sites for hydroxylation is 2. The molecule has 1 aliphatic rings. The smallest absolute Gasteiger partial charge is 0.105 e. The maximum atomic E-state index is 5.59. The van der Waals surface area contributed by atoms with Crippen LogP contribution in [0.2, 0.25) is 0 Å². The molecule has 2 rings (SSSR count). The van der Waals surface area contributed by atoms with Gasteiger partial charge in [-0.1, -0.05) is 0 Å². The van der Waals surface area contributed by atoms with Crippen molar-refractivity contribution >= 4 is 0 Å². The van der Waals surface area contributed by atoms with Crippen molar-refractivity contribution in [3.63, 3.8) is 0 Å². The molecule has 0 spiro atoms. The molecule has 0 aromatic carbocycles. The molecule has 0 amide bonds. The van der Waals surface area contributed by atoms with Crippen LogP contribution in [-0.4, -0.2) is 20.3 Å². The van der Waals surface area contributed by atoms with Gasteiger partial charge in [0.15, 0.2) is 0 Å². The first-order valence-corrected chi connectivity index (χ1v) is 6.85. The van der Waals surface area contributed by atoms with E-state index < -0.39 is 0 Å². The molecule has 1 aromatic rings. The molecule has 18 heavy (non-hydrogen) atoms. The Bertz CT molecular complexity index is 393. The normalized spacial score (nSPS) is 18.9.